The largest absolute Gasteiger partial charge is 0.326 e. The second-order valence-electron chi connectivity index (χ2n) is 5.87. The zero-order valence-electron chi connectivity index (χ0n) is 13.7. The molecule has 0 atom stereocenters. The maximum Gasteiger partial charge on any atom is 0.185 e. The van der Waals surface area contributed by atoms with Crippen molar-refractivity contribution in [2.45, 2.75) is 17.2 Å². The second-order valence-corrected chi connectivity index (χ2v) is 10.1. The minimum Gasteiger partial charge on any atom is -0.326 e. The second kappa shape index (κ2) is 6.61. The topological polar surface area (TPSA) is 86.1 Å². The Morgan fingerprint density at radius 3 is 2.24 bits per heavy atom. The molecule has 0 unspecified atom stereocenters. The first-order valence-electron chi connectivity index (χ1n) is 7.66. The van der Waals surface area contributed by atoms with Crippen LogP contribution < -0.4 is 0 Å². The summed E-state index contributed by atoms with van der Waals surface area (Å²) < 4.78 is 50.1. The Bertz CT molecular complexity index is 1100. The van der Waals surface area contributed by atoms with Crippen molar-refractivity contribution in [3.05, 3.63) is 60.4 Å². The van der Waals surface area contributed by atoms with Crippen LogP contribution in [0.2, 0.25) is 0 Å². The molecule has 0 saturated carbocycles. The van der Waals surface area contributed by atoms with Crippen LogP contribution in [0.25, 0.3) is 11.0 Å². The Morgan fingerprint density at radius 1 is 0.920 bits per heavy atom. The normalized spacial score (nSPS) is 12.5. The van der Waals surface area contributed by atoms with Gasteiger partial charge in [0.25, 0.3) is 0 Å². The van der Waals surface area contributed by atoms with Crippen LogP contribution in [0.5, 0.6) is 0 Å². The molecule has 8 heteroatoms. The summed E-state index contributed by atoms with van der Waals surface area (Å²) in [5.41, 5.74) is 1.37. The average Bonchev–Trinajstić information content (AvgIpc) is 2.89. The number of imidazole rings is 1. The van der Waals surface area contributed by atoms with Crippen molar-refractivity contribution in [2.75, 3.05) is 12.0 Å². The average molecular weight is 378 g/mol. The molecular formula is C17H18N2O4S2. The quantitative estimate of drug-likeness (QED) is 0.655. The first-order valence-corrected chi connectivity index (χ1v) is 11.4. The van der Waals surface area contributed by atoms with E-state index in [1.807, 2.05) is 18.2 Å². The van der Waals surface area contributed by atoms with Gasteiger partial charge in [-0.25, -0.2) is 21.8 Å². The molecule has 0 radical (unpaired) electrons. The van der Waals surface area contributed by atoms with E-state index in [0.29, 0.717) is 11.3 Å². The molecule has 0 saturated heterocycles. The number of hydrogen-bond acceptors (Lipinski definition) is 5. The van der Waals surface area contributed by atoms with E-state index < -0.39 is 19.7 Å². The predicted molar refractivity (Wildman–Crippen MR) is 96.8 cm³/mol. The number of aryl methyl sites for hydroxylation is 1. The highest BCUT2D eigenvalue weighted by atomic mass is 32.2. The number of para-hydroxylation sites is 2. The van der Waals surface area contributed by atoms with Crippen molar-refractivity contribution >= 4 is 30.7 Å². The molecular weight excluding hydrogens is 360 g/mol. The van der Waals surface area contributed by atoms with E-state index in [0.717, 1.165) is 11.8 Å². The Kier molecular flexibility index (Phi) is 4.66. The van der Waals surface area contributed by atoms with E-state index in [-0.39, 0.29) is 22.9 Å². The van der Waals surface area contributed by atoms with Gasteiger partial charge in [0.15, 0.2) is 9.84 Å². The molecule has 0 aliphatic carbocycles. The summed E-state index contributed by atoms with van der Waals surface area (Å²) >= 11 is 0. The Labute approximate surface area is 147 Å². The smallest absolute Gasteiger partial charge is 0.185 e. The standard InChI is InChI=1S/C17H18N2O4S2/c1-24(20,21)12-11-19-16-10-6-5-9-15(16)18-17(19)13-25(22,23)14-7-3-2-4-8-14/h2-10H,11-13H2,1H3. The fourth-order valence-corrected chi connectivity index (χ4v) is 4.44. The molecule has 0 bridgehead atoms. The predicted octanol–water partition coefficient (Wildman–Crippen LogP) is 2.05. The summed E-state index contributed by atoms with van der Waals surface area (Å²) in [7, 11) is -6.75. The fourth-order valence-electron chi connectivity index (χ4n) is 2.62. The Hall–Kier alpha value is -2.19. The van der Waals surface area contributed by atoms with E-state index in [1.54, 1.807) is 41.0 Å². The van der Waals surface area contributed by atoms with E-state index in [1.165, 1.54) is 0 Å². The zero-order chi connectivity index (χ0) is 18.1. The van der Waals surface area contributed by atoms with E-state index in [9.17, 15) is 16.8 Å². The first-order chi connectivity index (χ1) is 11.8. The molecule has 1 heterocycles. The van der Waals surface area contributed by atoms with Crippen LogP contribution in [0.3, 0.4) is 0 Å². The summed E-state index contributed by atoms with van der Waals surface area (Å²) in [6.07, 6.45) is 1.16. The SMILES string of the molecule is CS(=O)(=O)CCn1c(CS(=O)(=O)c2ccccc2)nc2ccccc21. The van der Waals surface area contributed by atoms with Gasteiger partial charge in [-0.3, -0.25) is 0 Å². The van der Waals surface area contributed by atoms with Gasteiger partial charge in [0.05, 0.1) is 21.7 Å². The highest BCUT2D eigenvalue weighted by Crippen LogP contribution is 2.21. The van der Waals surface area contributed by atoms with Gasteiger partial charge >= 0.3 is 0 Å². The van der Waals surface area contributed by atoms with Crippen molar-refractivity contribution in [1.29, 1.82) is 0 Å². The highest BCUT2D eigenvalue weighted by Gasteiger charge is 2.21. The van der Waals surface area contributed by atoms with Crippen molar-refractivity contribution in [2.24, 2.45) is 0 Å². The van der Waals surface area contributed by atoms with Crippen molar-refractivity contribution in [1.82, 2.24) is 9.55 Å². The van der Waals surface area contributed by atoms with Crippen molar-refractivity contribution in [3.8, 4) is 0 Å². The minimum absolute atomic E-state index is 0.0776. The molecule has 0 amide bonds. The van der Waals surface area contributed by atoms with Gasteiger partial charge in [0.1, 0.15) is 21.4 Å². The zero-order valence-corrected chi connectivity index (χ0v) is 15.3. The molecule has 0 fully saturated rings. The maximum absolute atomic E-state index is 12.7. The van der Waals surface area contributed by atoms with Gasteiger partial charge in [0, 0.05) is 12.8 Å². The molecule has 0 spiro atoms. The highest BCUT2D eigenvalue weighted by molar-refractivity contribution is 7.90. The van der Waals surface area contributed by atoms with Crippen LogP contribution >= 0.6 is 0 Å². The van der Waals surface area contributed by atoms with Crippen molar-refractivity contribution < 1.29 is 16.8 Å². The lowest BCUT2D eigenvalue weighted by molar-refractivity contribution is 0.589. The number of sulfone groups is 2. The van der Waals surface area contributed by atoms with Crippen LogP contribution in [-0.4, -0.2) is 38.4 Å². The van der Waals surface area contributed by atoms with E-state index in [2.05, 4.69) is 4.98 Å². The summed E-state index contributed by atoms with van der Waals surface area (Å²) in [6.45, 7) is 0.166. The van der Waals surface area contributed by atoms with Crippen LogP contribution in [0.4, 0.5) is 0 Å². The number of fused-ring (bicyclic) bond motifs is 1. The van der Waals surface area contributed by atoms with Gasteiger partial charge in [-0.2, -0.15) is 0 Å². The maximum atomic E-state index is 12.7. The summed E-state index contributed by atoms with van der Waals surface area (Å²) in [4.78, 5) is 4.63. The number of nitrogens with zero attached hydrogens (tertiary/aromatic N) is 2. The van der Waals surface area contributed by atoms with Gasteiger partial charge < -0.3 is 4.57 Å². The third kappa shape index (κ3) is 4.08. The molecule has 25 heavy (non-hydrogen) atoms. The fraction of sp³-hybridized carbons (Fsp3) is 0.235. The molecule has 3 aromatic rings. The van der Waals surface area contributed by atoms with E-state index in [4.69, 9.17) is 0 Å². The minimum atomic E-state index is -3.57. The lowest BCUT2D eigenvalue weighted by Crippen LogP contribution is -2.16. The molecule has 0 N–H and O–H groups in total. The molecule has 1 aromatic heterocycles. The summed E-state index contributed by atoms with van der Waals surface area (Å²) in [6, 6.07) is 15.4. The number of benzene rings is 2. The third-order valence-corrected chi connectivity index (χ3v) is 6.39. The monoisotopic (exact) mass is 378 g/mol. The van der Waals surface area contributed by atoms with Gasteiger partial charge in [0.2, 0.25) is 0 Å². The van der Waals surface area contributed by atoms with Gasteiger partial charge in [-0.1, -0.05) is 30.3 Å². The molecule has 0 aliphatic rings. The van der Waals surface area contributed by atoms with E-state index >= 15 is 0 Å². The molecule has 0 aliphatic heterocycles. The number of aromatic nitrogens is 2. The number of rotatable bonds is 6. The molecule has 2 aromatic carbocycles. The lowest BCUT2D eigenvalue weighted by atomic mass is 10.3. The van der Waals surface area contributed by atoms with Crippen LogP contribution in [0, 0.1) is 0 Å². The Morgan fingerprint density at radius 2 is 1.56 bits per heavy atom. The lowest BCUT2D eigenvalue weighted by Gasteiger charge is -2.09. The van der Waals surface area contributed by atoms with Gasteiger partial charge in [-0.05, 0) is 24.3 Å². The molecule has 6 nitrogen and oxygen atoms in total. The Balaban J connectivity index is 2.03. The van der Waals surface area contributed by atoms with Crippen LogP contribution in [-0.2, 0) is 32.0 Å². The van der Waals surface area contributed by atoms with Crippen LogP contribution in [0.1, 0.15) is 5.82 Å². The van der Waals surface area contributed by atoms with Crippen LogP contribution in [0.15, 0.2) is 59.5 Å². The first kappa shape index (κ1) is 17.6. The molecule has 132 valence electrons. The summed E-state index contributed by atoms with van der Waals surface area (Å²) in [5, 5.41) is 0. The summed E-state index contributed by atoms with van der Waals surface area (Å²) in [5.74, 6) is -0.0185. The third-order valence-electron chi connectivity index (χ3n) is 3.84. The number of hydrogen-bond donors (Lipinski definition) is 0. The molecule has 3 rings (SSSR count). The van der Waals surface area contributed by atoms with Crippen molar-refractivity contribution in [3.63, 3.8) is 0 Å². The van der Waals surface area contributed by atoms with Gasteiger partial charge in [-0.15, -0.1) is 0 Å².